The second-order valence-electron chi connectivity index (χ2n) is 6.35. The Kier molecular flexibility index (Phi) is 5.18. The molecule has 1 aromatic carbocycles. The lowest BCUT2D eigenvalue weighted by molar-refractivity contribution is 0.0895. The fourth-order valence-electron chi connectivity index (χ4n) is 3.11. The number of aliphatic hydroxyl groups excluding tert-OH is 1. The average Bonchev–Trinajstić information content (AvgIpc) is 3.06. The molecule has 1 fully saturated rings. The molecule has 0 aliphatic carbocycles. The Morgan fingerprint density at radius 3 is 3.00 bits per heavy atom. The first kappa shape index (κ1) is 15.9. The highest BCUT2D eigenvalue weighted by Crippen LogP contribution is 2.31. The molecular weight excluding hydrogens is 290 g/mol. The van der Waals surface area contributed by atoms with Crippen LogP contribution in [0.3, 0.4) is 0 Å². The largest absolute Gasteiger partial charge is 0.489 e. The van der Waals surface area contributed by atoms with Crippen LogP contribution < -0.4 is 9.64 Å². The number of anilines is 1. The second kappa shape index (κ2) is 7.51. The smallest absolute Gasteiger partial charge is 0.142 e. The van der Waals surface area contributed by atoms with E-state index in [0.29, 0.717) is 12.5 Å². The summed E-state index contributed by atoms with van der Waals surface area (Å²) in [7, 11) is 0. The van der Waals surface area contributed by atoms with Crippen molar-refractivity contribution in [3.05, 3.63) is 42.7 Å². The molecule has 5 nitrogen and oxygen atoms in total. The molecule has 1 aliphatic heterocycles. The summed E-state index contributed by atoms with van der Waals surface area (Å²) in [5.74, 6) is 1.56. The quantitative estimate of drug-likeness (QED) is 0.890. The van der Waals surface area contributed by atoms with E-state index < -0.39 is 6.10 Å². The molecule has 0 bridgehead atoms. The van der Waals surface area contributed by atoms with Crippen LogP contribution in [0.1, 0.15) is 19.8 Å². The highest BCUT2D eigenvalue weighted by atomic mass is 16.5. The Morgan fingerprint density at radius 2 is 2.22 bits per heavy atom. The van der Waals surface area contributed by atoms with Crippen LogP contribution in [0.25, 0.3) is 0 Å². The van der Waals surface area contributed by atoms with Gasteiger partial charge in [0.15, 0.2) is 0 Å². The van der Waals surface area contributed by atoms with Crippen molar-refractivity contribution in [2.45, 2.75) is 32.4 Å². The van der Waals surface area contributed by atoms with Gasteiger partial charge in [0.1, 0.15) is 18.5 Å². The minimum atomic E-state index is -0.580. The predicted octanol–water partition coefficient (Wildman–Crippen LogP) is 2.56. The van der Waals surface area contributed by atoms with Gasteiger partial charge in [0, 0.05) is 25.5 Å². The highest BCUT2D eigenvalue weighted by Gasteiger charge is 2.19. The lowest BCUT2D eigenvalue weighted by atomic mass is 9.99. The van der Waals surface area contributed by atoms with Crippen molar-refractivity contribution in [1.29, 1.82) is 0 Å². The number of aromatic nitrogens is 2. The first-order valence-corrected chi connectivity index (χ1v) is 8.34. The second-order valence-corrected chi connectivity index (χ2v) is 6.35. The molecule has 2 heterocycles. The molecule has 0 spiro atoms. The van der Waals surface area contributed by atoms with Gasteiger partial charge in [-0.15, -0.1) is 0 Å². The summed E-state index contributed by atoms with van der Waals surface area (Å²) >= 11 is 0. The summed E-state index contributed by atoms with van der Waals surface area (Å²) in [4.78, 5) is 2.39. The van der Waals surface area contributed by atoms with Crippen LogP contribution in [0.4, 0.5) is 5.69 Å². The summed E-state index contributed by atoms with van der Waals surface area (Å²) in [5, 5.41) is 14.2. The Morgan fingerprint density at radius 1 is 1.35 bits per heavy atom. The molecule has 2 atom stereocenters. The zero-order valence-corrected chi connectivity index (χ0v) is 13.6. The first-order chi connectivity index (χ1) is 11.2. The molecule has 2 aromatic rings. The maximum absolute atomic E-state index is 10.1. The lowest BCUT2D eigenvalue weighted by Gasteiger charge is -2.33. The van der Waals surface area contributed by atoms with Gasteiger partial charge >= 0.3 is 0 Å². The molecule has 0 saturated carbocycles. The van der Waals surface area contributed by atoms with Gasteiger partial charge in [-0.3, -0.25) is 4.68 Å². The number of hydrogen-bond donors (Lipinski definition) is 1. The van der Waals surface area contributed by atoms with Crippen molar-refractivity contribution >= 4 is 5.69 Å². The van der Waals surface area contributed by atoms with Gasteiger partial charge in [0.05, 0.1) is 12.2 Å². The van der Waals surface area contributed by atoms with Crippen LogP contribution in [-0.2, 0) is 6.54 Å². The fraction of sp³-hybridized carbons (Fsp3) is 0.500. The van der Waals surface area contributed by atoms with Crippen molar-refractivity contribution in [1.82, 2.24) is 9.78 Å². The molecule has 1 aromatic heterocycles. The van der Waals surface area contributed by atoms with Gasteiger partial charge in [0.2, 0.25) is 0 Å². The van der Waals surface area contributed by atoms with Gasteiger partial charge < -0.3 is 14.7 Å². The predicted molar refractivity (Wildman–Crippen MR) is 90.8 cm³/mol. The van der Waals surface area contributed by atoms with E-state index in [1.165, 1.54) is 12.8 Å². The molecular formula is C18H25N3O2. The van der Waals surface area contributed by atoms with Gasteiger partial charge in [0.25, 0.3) is 0 Å². The minimum absolute atomic E-state index is 0.264. The van der Waals surface area contributed by atoms with Crippen molar-refractivity contribution < 1.29 is 9.84 Å². The number of benzene rings is 1. The van der Waals surface area contributed by atoms with Crippen molar-refractivity contribution in [3.63, 3.8) is 0 Å². The van der Waals surface area contributed by atoms with E-state index in [-0.39, 0.29) is 6.61 Å². The lowest BCUT2D eigenvalue weighted by Crippen LogP contribution is -2.34. The van der Waals surface area contributed by atoms with E-state index >= 15 is 0 Å². The van der Waals surface area contributed by atoms with E-state index in [9.17, 15) is 5.11 Å². The summed E-state index contributed by atoms with van der Waals surface area (Å²) in [6, 6.07) is 9.95. The molecule has 3 rings (SSSR count). The first-order valence-electron chi connectivity index (χ1n) is 8.34. The summed E-state index contributed by atoms with van der Waals surface area (Å²) in [5.41, 5.74) is 1.13. The number of hydrogen-bond acceptors (Lipinski definition) is 4. The fourth-order valence-corrected chi connectivity index (χ4v) is 3.11. The molecule has 1 N–H and O–H groups in total. The minimum Gasteiger partial charge on any atom is -0.489 e. The normalized spacial score (nSPS) is 19.6. The zero-order chi connectivity index (χ0) is 16.1. The van der Waals surface area contributed by atoms with Crippen LogP contribution in [0, 0.1) is 5.92 Å². The summed E-state index contributed by atoms with van der Waals surface area (Å²) < 4.78 is 7.62. The van der Waals surface area contributed by atoms with Crippen molar-refractivity contribution in [2.24, 2.45) is 5.92 Å². The topological polar surface area (TPSA) is 50.5 Å². The molecule has 124 valence electrons. The zero-order valence-electron chi connectivity index (χ0n) is 13.6. The standard InChI is InChI=1S/C18H25N3O2/c1-15-6-4-10-20(12-15)17-7-2-3-8-18(17)23-14-16(22)13-21-11-5-9-19-21/h2-3,5,7-9,11,15-16,22H,4,6,10,12-14H2,1H3. The SMILES string of the molecule is CC1CCCN(c2ccccc2OCC(O)Cn2cccn2)C1. The Hall–Kier alpha value is -2.01. The van der Waals surface area contributed by atoms with E-state index in [4.69, 9.17) is 4.74 Å². The van der Waals surface area contributed by atoms with Gasteiger partial charge in [-0.1, -0.05) is 19.1 Å². The summed E-state index contributed by atoms with van der Waals surface area (Å²) in [6.07, 6.45) is 5.48. The average molecular weight is 315 g/mol. The monoisotopic (exact) mass is 315 g/mol. The Bertz CT molecular complexity index is 600. The number of ether oxygens (including phenoxy) is 1. The van der Waals surface area contributed by atoms with Crippen LogP contribution in [0.2, 0.25) is 0 Å². The molecule has 0 radical (unpaired) electrons. The molecule has 2 unspecified atom stereocenters. The highest BCUT2D eigenvalue weighted by molar-refractivity contribution is 5.58. The van der Waals surface area contributed by atoms with Crippen molar-refractivity contribution in [3.8, 4) is 5.75 Å². The summed E-state index contributed by atoms with van der Waals surface area (Å²) in [6.45, 7) is 5.14. The van der Waals surface area contributed by atoms with E-state index in [1.54, 1.807) is 10.9 Å². The maximum atomic E-state index is 10.1. The molecule has 1 aliphatic rings. The van der Waals surface area contributed by atoms with E-state index in [1.807, 2.05) is 30.5 Å². The Balaban J connectivity index is 1.61. The molecule has 23 heavy (non-hydrogen) atoms. The van der Waals surface area contributed by atoms with Crippen LogP contribution in [0.5, 0.6) is 5.75 Å². The van der Waals surface area contributed by atoms with Gasteiger partial charge in [-0.25, -0.2) is 0 Å². The third-order valence-electron chi connectivity index (χ3n) is 4.25. The van der Waals surface area contributed by atoms with Crippen LogP contribution in [-0.4, -0.2) is 40.7 Å². The van der Waals surface area contributed by atoms with E-state index in [2.05, 4.69) is 23.0 Å². The van der Waals surface area contributed by atoms with Crippen LogP contribution >= 0.6 is 0 Å². The van der Waals surface area contributed by atoms with Gasteiger partial charge in [-0.05, 0) is 37.0 Å². The number of rotatable bonds is 6. The third kappa shape index (κ3) is 4.26. The number of nitrogens with zero attached hydrogens (tertiary/aromatic N) is 3. The van der Waals surface area contributed by atoms with E-state index in [0.717, 1.165) is 24.5 Å². The molecule has 5 heteroatoms. The Labute approximate surface area is 137 Å². The number of aliphatic hydroxyl groups is 1. The van der Waals surface area contributed by atoms with Crippen LogP contribution in [0.15, 0.2) is 42.7 Å². The van der Waals surface area contributed by atoms with Crippen molar-refractivity contribution in [2.75, 3.05) is 24.6 Å². The number of piperidine rings is 1. The molecule has 0 amide bonds. The number of para-hydroxylation sites is 2. The molecule has 1 saturated heterocycles. The maximum Gasteiger partial charge on any atom is 0.142 e. The third-order valence-corrected chi connectivity index (χ3v) is 4.25. The van der Waals surface area contributed by atoms with Gasteiger partial charge in [-0.2, -0.15) is 5.10 Å².